The molecule has 7 heteroatoms. The summed E-state index contributed by atoms with van der Waals surface area (Å²) in [6, 6.07) is 16.3. The van der Waals surface area contributed by atoms with E-state index in [0.717, 1.165) is 11.1 Å². The predicted octanol–water partition coefficient (Wildman–Crippen LogP) is 3.11. The van der Waals surface area contributed by atoms with Crippen molar-refractivity contribution in [3.63, 3.8) is 0 Å². The highest BCUT2D eigenvalue weighted by Crippen LogP contribution is 2.11. The molecule has 2 aromatic carbocycles. The third kappa shape index (κ3) is 6.41. The van der Waals surface area contributed by atoms with Crippen LogP contribution in [0.4, 0.5) is 5.69 Å². The standard InChI is InChI=1S/C23H24N4O3/c1-17-6-8-19(9-7-17)21(28)10-11-22(29)24-15-18-4-2-5-20(14-18)26-23(30)16-27-13-3-12-25-27/h2-9,12-14H,10-11,15-16H2,1H3,(H,24,29)(H,26,30). The quantitative estimate of drug-likeness (QED) is 0.536. The lowest BCUT2D eigenvalue weighted by Crippen LogP contribution is -2.23. The maximum atomic E-state index is 12.2. The van der Waals surface area contributed by atoms with Crippen molar-refractivity contribution in [2.24, 2.45) is 0 Å². The number of ketones is 1. The highest BCUT2D eigenvalue weighted by atomic mass is 16.2. The Kier molecular flexibility index (Phi) is 7.10. The summed E-state index contributed by atoms with van der Waals surface area (Å²) in [6.45, 7) is 2.41. The molecule has 1 aromatic heterocycles. The van der Waals surface area contributed by atoms with Crippen LogP contribution in [0.3, 0.4) is 0 Å². The van der Waals surface area contributed by atoms with Gasteiger partial charge in [0.2, 0.25) is 11.8 Å². The zero-order valence-corrected chi connectivity index (χ0v) is 16.8. The number of hydrogen-bond donors (Lipinski definition) is 2. The lowest BCUT2D eigenvalue weighted by atomic mass is 10.0. The smallest absolute Gasteiger partial charge is 0.246 e. The lowest BCUT2D eigenvalue weighted by molar-refractivity contribution is -0.121. The molecule has 2 N–H and O–H groups in total. The largest absolute Gasteiger partial charge is 0.352 e. The molecular formula is C23H24N4O3. The molecule has 7 nitrogen and oxygen atoms in total. The number of carbonyl (C=O) groups is 3. The number of hydrogen-bond acceptors (Lipinski definition) is 4. The fourth-order valence-electron chi connectivity index (χ4n) is 2.90. The van der Waals surface area contributed by atoms with E-state index in [1.807, 2.05) is 31.2 Å². The second-order valence-electron chi connectivity index (χ2n) is 7.02. The molecule has 0 aliphatic carbocycles. The number of carbonyl (C=O) groups excluding carboxylic acids is 3. The Morgan fingerprint density at radius 1 is 0.967 bits per heavy atom. The van der Waals surface area contributed by atoms with Crippen LogP contribution in [0.15, 0.2) is 67.0 Å². The van der Waals surface area contributed by atoms with E-state index in [9.17, 15) is 14.4 Å². The number of benzene rings is 2. The molecule has 30 heavy (non-hydrogen) atoms. The van der Waals surface area contributed by atoms with Gasteiger partial charge in [-0.2, -0.15) is 5.10 Å². The van der Waals surface area contributed by atoms with E-state index in [1.165, 1.54) is 4.68 Å². The van der Waals surface area contributed by atoms with E-state index >= 15 is 0 Å². The summed E-state index contributed by atoms with van der Waals surface area (Å²) in [7, 11) is 0. The Morgan fingerprint density at radius 3 is 2.50 bits per heavy atom. The van der Waals surface area contributed by atoms with Crippen molar-refractivity contribution in [3.05, 3.63) is 83.7 Å². The molecule has 1 heterocycles. The fourth-order valence-corrected chi connectivity index (χ4v) is 2.90. The second-order valence-corrected chi connectivity index (χ2v) is 7.02. The highest BCUT2D eigenvalue weighted by molar-refractivity contribution is 5.98. The highest BCUT2D eigenvalue weighted by Gasteiger charge is 2.10. The molecule has 0 bridgehead atoms. The SMILES string of the molecule is Cc1ccc(C(=O)CCC(=O)NCc2cccc(NC(=O)Cn3cccn3)c2)cc1. The van der Waals surface area contributed by atoms with Gasteiger partial charge in [0.15, 0.2) is 5.78 Å². The van der Waals surface area contributed by atoms with Crippen LogP contribution >= 0.6 is 0 Å². The minimum Gasteiger partial charge on any atom is -0.352 e. The summed E-state index contributed by atoms with van der Waals surface area (Å²) in [6.07, 6.45) is 3.63. The summed E-state index contributed by atoms with van der Waals surface area (Å²) in [5.74, 6) is -0.426. The maximum absolute atomic E-state index is 12.2. The molecule has 0 aliphatic heterocycles. The van der Waals surface area contributed by atoms with Crippen LogP contribution in [0, 0.1) is 6.92 Å². The molecule has 0 radical (unpaired) electrons. The first-order valence-electron chi connectivity index (χ1n) is 9.72. The van der Waals surface area contributed by atoms with E-state index in [4.69, 9.17) is 0 Å². The summed E-state index contributed by atoms with van der Waals surface area (Å²) < 4.78 is 1.54. The summed E-state index contributed by atoms with van der Waals surface area (Å²) >= 11 is 0. The number of aryl methyl sites for hydroxylation is 1. The van der Waals surface area contributed by atoms with Crippen LogP contribution in [-0.4, -0.2) is 27.4 Å². The van der Waals surface area contributed by atoms with Crippen molar-refractivity contribution in [1.29, 1.82) is 0 Å². The predicted molar refractivity (Wildman–Crippen MR) is 114 cm³/mol. The number of aromatic nitrogens is 2. The van der Waals surface area contributed by atoms with Crippen LogP contribution in [0.2, 0.25) is 0 Å². The zero-order chi connectivity index (χ0) is 21.3. The van der Waals surface area contributed by atoms with Crippen LogP contribution < -0.4 is 10.6 Å². The van der Waals surface area contributed by atoms with Gasteiger partial charge in [-0.15, -0.1) is 0 Å². The van der Waals surface area contributed by atoms with Gasteiger partial charge < -0.3 is 10.6 Å². The Bertz CT molecular complexity index is 1010. The Balaban J connectivity index is 1.44. The van der Waals surface area contributed by atoms with Gasteiger partial charge in [0, 0.05) is 43.0 Å². The van der Waals surface area contributed by atoms with Crippen molar-refractivity contribution in [3.8, 4) is 0 Å². The first-order chi connectivity index (χ1) is 14.5. The molecule has 0 atom stereocenters. The Hall–Kier alpha value is -3.74. The number of nitrogens with zero attached hydrogens (tertiary/aromatic N) is 2. The van der Waals surface area contributed by atoms with Gasteiger partial charge in [-0.25, -0.2) is 0 Å². The van der Waals surface area contributed by atoms with Crippen molar-refractivity contribution in [1.82, 2.24) is 15.1 Å². The van der Waals surface area contributed by atoms with Crippen LogP contribution in [0.5, 0.6) is 0 Å². The monoisotopic (exact) mass is 404 g/mol. The second kappa shape index (κ2) is 10.2. The van der Waals surface area contributed by atoms with E-state index < -0.39 is 0 Å². The molecule has 0 saturated heterocycles. The molecule has 0 unspecified atom stereocenters. The van der Waals surface area contributed by atoms with Crippen molar-refractivity contribution < 1.29 is 14.4 Å². The van der Waals surface area contributed by atoms with Crippen LogP contribution in [0.25, 0.3) is 0 Å². The van der Waals surface area contributed by atoms with Crippen molar-refractivity contribution >= 4 is 23.3 Å². The van der Waals surface area contributed by atoms with Crippen molar-refractivity contribution in [2.45, 2.75) is 32.9 Å². The molecular weight excluding hydrogens is 380 g/mol. The topological polar surface area (TPSA) is 93.1 Å². The third-order valence-electron chi connectivity index (χ3n) is 4.52. The average Bonchev–Trinajstić information content (AvgIpc) is 3.24. The Labute approximate surface area is 175 Å². The number of Topliss-reactive ketones (excluding diaryl/α,β-unsaturated/α-hetero) is 1. The van der Waals surface area contributed by atoms with Gasteiger partial charge in [0.05, 0.1) is 0 Å². The fraction of sp³-hybridized carbons (Fsp3) is 0.217. The molecule has 154 valence electrons. The molecule has 3 rings (SSSR count). The molecule has 0 saturated carbocycles. The van der Waals surface area contributed by atoms with Gasteiger partial charge in [-0.1, -0.05) is 42.0 Å². The number of nitrogens with one attached hydrogen (secondary N) is 2. The zero-order valence-electron chi connectivity index (χ0n) is 16.8. The minimum absolute atomic E-state index is 0.0490. The van der Waals surface area contributed by atoms with E-state index in [0.29, 0.717) is 17.8 Å². The first kappa shape index (κ1) is 21.0. The van der Waals surface area contributed by atoms with Gasteiger partial charge in [-0.05, 0) is 30.7 Å². The summed E-state index contributed by atoms with van der Waals surface area (Å²) in [5, 5.41) is 9.63. The number of amides is 2. The lowest BCUT2D eigenvalue weighted by Gasteiger charge is -2.09. The molecule has 0 aliphatic rings. The van der Waals surface area contributed by atoms with Crippen LogP contribution in [0.1, 0.15) is 34.3 Å². The first-order valence-corrected chi connectivity index (χ1v) is 9.72. The minimum atomic E-state index is -0.191. The van der Waals surface area contributed by atoms with Gasteiger partial charge >= 0.3 is 0 Å². The van der Waals surface area contributed by atoms with Crippen molar-refractivity contribution in [2.75, 3.05) is 5.32 Å². The van der Waals surface area contributed by atoms with E-state index in [1.54, 1.807) is 42.7 Å². The number of anilines is 1. The maximum Gasteiger partial charge on any atom is 0.246 e. The average molecular weight is 404 g/mol. The van der Waals surface area contributed by atoms with Gasteiger partial charge in [0.1, 0.15) is 6.54 Å². The van der Waals surface area contributed by atoms with Gasteiger partial charge in [-0.3, -0.25) is 19.1 Å². The molecule has 0 fully saturated rings. The molecule has 0 spiro atoms. The molecule has 3 aromatic rings. The summed E-state index contributed by atoms with van der Waals surface area (Å²) in [4.78, 5) is 36.3. The third-order valence-corrected chi connectivity index (χ3v) is 4.52. The Morgan fingerprint density at radius 2 is 1.77 bits per heavy atom. The van der Waals surface area contributed by atoms with Gasteiger partial charge in [0.25, 0.3) is 0 Å². The molecule has 2 amide bonds. The van der Waals surface area contributed by atoms with E-state index in [-0.39, 0.29) is 37.0 Å². The number of rotatable bonds is 9. The summed E-state index contributed by atoms with van der Waals surface area (Å²) in [5.41, 5.74) is 3.20. The normalized spacial score (nSPS) is 10.4. The van der Waals surface area contributed by atoms with E-state index in [2.05, 4.69) is 15.7 Å². The van der Waals surface area contributed by atoms with Crippen LogP contribution in [-0.2, 0) is 22.7 Å².